The number of cyclic esters (lactones) is 1. The number of nitrogens with zero attached hydrogens (tertiary/aromatic N) is 3. The fourth-order valence-electron chi connectivity index (χ4n) is 2.49. The van der Waals surface area contributed by atoms with Gasteiger partial charge in [-0.3, -0.25) is 9.89 Å². The lowest BCUT2D eigenvalue weighted by molar-refractivity contribution is 0.145. The highest BCUT2D eigenvalue weighted by Gasteiger charge is 2.31. The third-order valence-corrected chi connectivity index (χ3v) is 3.63. The number of carbonyl (C=O) groups is 1. The van der Waals surface area contributed by atoms with Gasteiger partial charge in [-0.1, -0.05) is 0 Å². The second-order valence-corrected chi connectivity index (χ2v) is 5.03. The van der Waals surface area contributed by atoms with Crippen LogP contribution in [0.1, 0.15) is 5.56 Å². The lowest BCUT2D eigenvalue weighted by atomic mass is 10.1. The molecule has 20 heavy (non-hydrogen) atoms. The average molecular weight is 274 g/mol. The van der Waals surface area contributed by atoms with Crippen molar-refractivity contribution in [3.8, 4) is 0 Å². The predicted molar refractivity (Wildman–Crippen MR) is 77.1 cm³/mol. The van der Waals surface area contributed by atoms with Gasteiger partial charge in [-0.2, -0.15) is 0 Å². The maximum Gasteiger partial charge on any atom is 0.414 e. The third kappa shape index (κ3) is 2.22. The maximum atomic E-state index is 11.8. The number of nitrogens with two attached hydrogens (primary N) is 1. The molecule has 1 amide bonds. The lowest BCUT2D eigenvalue weighted by Crippen LogP contribution is -2.27. The molecule has 106 valence electrons. The minimum atomic E-state index is -0.330. The van der Waals surface area contributed by atoms with Gasteiger partial charge in [-0.15, -0.1) is 0 Å². The highest BCUT2D eigenvalue weighted by Crippen LogP contribution is 2.22. The van der Waals surface area contributed by atoms with Crippen LogP contribution in [0.5, 0.6) is 0 Å². The zero-order valence-electron chi connectivity index (χ0n) is 11.5. The van der Waals surface area contributed by atoms with Crippen LogP contribution in [0.3, 0.4) is 0 Å². The molecule has 2 aliphatic rings. The van der Waals surface area contributed by atoms with Crippen molar-refractivity contribution in [1.29, 1.82) is 0 Å². The number of amidine groups is 1. The summed E-state index contributed by atoms with van der Waals surface area (Å²) < 4.78 is 5.15. The Morgan fingerprint density at radius 2 is 2.15 bits per heavy atom. The maximum absolute atomic E-state index is 11.8. The fourth-order valence-corrected chi connectivity index (χ4v) is 2.49. The van der Waals surface area contributed by atoms with Gasteiger partial charge in [0.15, 0.2) is 0 Å². The second kappa shape index (κ2) is 5.13. The van der Waals surface area contributed by atoms with Crippen molar-refractivity contribution >= 4 is 17.6 Å². The molecule has 0 spiro atoms. The molecule has 0 aliphatic carbocycles. The second-order valence-electron chi connectivity index (χ2n) is 5.03. The summed E-state index contributed by atoms with van der Waals surface area (Å²) in [7, 11) is 2.03. The number of likely N-dealkylation sites (N-methyl/N-ethyl adjacent to an activating group) is 1. The summed E-state index contributed by atoms with van der Waals surface area (Å²) in [6.45, 7) is 2.65. The first-order chi connectivity index (χ1) is 9.69. The van der Waals surface area contributed by atoms with Crippen LogP contribution in [0.4, 0.5) is 10.5 Å². The molecule has 2 aliphatic heterocycles. The standard InChI is InChI=1S/C14H18N4O2/c1-17-7-6-16-13(17)10-2-4-11(5-3-10)18-9-12(8-15)20-14(18)19/h2-5,12H,6-9,15H2,1H3/t12-/m0/s1. The summed E-state index contributed by atoms with van der Waals surface area (Å²) in [5.74, 6) is 1.00. The summed E-state index contributed by atoms with van der Waals surface area (Å²) in [5.41, 5.74) is 7.43. The zero-order chi connectivity index (χ0) is 14.1. The number of benzene rings is 1. The molecule has 1 atom stereocenters. The first-order valence-electron chi connectivity index (χ1n) is 6.73. The van der Waals surface area contributed by atoms with Crippen molar-refractivity contribution in [3.05, 3.63) is 29.8 Å². The van der Waals surface area contributed by atoms with Gasteiger partial charge in [-0.25, -0.2) is 4.79 Å². The van der Waals surface area contributed by atoms with Crippen LogP contribution in [0.2, 0.25) is 0 Å². The van der Waals surface area contributed by atoms with Gasteiger partial charge in [0.25, 0.3) is 0 Å². The minimum absolute atomic E-state index is 0.215. The van der Waals surface area contributed by atoms with Crippen LogP contribution in [0, 0.1) is 0 Å². The Labute approximate surface area is 117 Å². The van der Waals surface area contributed by atoms with Crippen LogP contribution >= 0.6 is 0 Å². The normalized spacial score (nSPS) is 22.2. The molecule has 1 aromatic rings. The Morgan fingerprint density at radius 3 is 2.70 bits per heavy atom. The van der Waals surface area contributed by atoms with Crippen LogP contribution in [0.15, 0.2) is 29.3 Å². The number of rotatable bonds is 3. The molecule has 1 fully saturated rings. The average Bonchev–Trinajstić information content (AvgIpc) is 3.05. The first kappa shape index (κ1) is 12.9. The fraction of sp³-hybridized carbons (Fsp3) is 0.429. The molecular formula is C14H18N4O2. The lowest BCUT2D eigenvalue weighted by Gasteiger charge is -2.16. The van der Waals surface area contributed by atoms with E-state index in [9.17, 15) is 4.79 Å². The van der Waals surface area contributed by atoms with Crippen LogP contribution in [-0.4, -0.2) is 56.2 Å². The molecule has 0 bridgehead atoms. The number of amides is 1. The SMILES string of the molecule is CN1CCN=C1c1ccc(N2C[C@H](CN)OC2=O)cc1. The number of ether oxygens (including phenoxy) is 1. The van der Waals surface area contributed by atoms with Gasteiger partial charge in [0.1, 0.15) is 11.9 Å². The van der Waals surface area contributed by atoms with E-state index < -0.39 is 0 Å². The van der Waals surface area contributed by atoms with Crippen molar-refractivity contribution in [3.63, 3.8) is 0 Å². The Morgan fingerprint density at radius 1 is 1.40 bits per heavy atom. The Hall–Kier alpha value is -2.08. The van der Waals surface area contributed by atoms with Gasteiger partial charge >= 0.3 is 6.09 Å². The highest BCUT2D eigenvalue weighted by atomic mass is 16.6. The van der Waals surface area contributed by atoms with Crippen molar-refractivity contribution < 1.29 is 9.53 Å². The zero-order valence-corrected chi connectivity index (χ0v) is 11.5. The van der Waals surface area contributed by atoms with E-state index in [4.69, 9.17) is 10.5 Å². The molecule has 0 radical (unpaired) electrons. The van der Waals surface area contributed by atoms with E-state index in [1.54, 1.807) is 4.90 Å². The third-order valence-electron chi connectivity index (χ3n) is 3.63. The van der Waals surface area contributed by atoms with E-state index in [0.29, 0.717) is 13.1 Å². The Bertz CT molecular complexity index is 541. The van der Waals surface area contributed by atoms with Crippen molar-refractivity contribution in [2.45, 2.75) is 6.10 Å². The predicted octanol–water partition coefficient (Wildman–Crippen LogP) is 0.662. The number of aliphatic imine (C=N–C) groups is 1. The number of anilines is 1. The van der Waals surface area contributed by atoms with Gasteiger partial charge in [-0.05, 0) is 24.3 Å². The summed E-state index contributed by atoms with van der Waals surface area (Å²) in [4.78, 5) is 20.0. The molecule has 0 aromatic heterocycles. The van der Waals surface area contributed by atoms with Gasteiger partial charge in [0, 0.05) is 31.4 Å². The molecule has 6 heteroatoms. The molecule has 2 heterocycles. The topological polar surface area (TPSA) is 71.2 Å². The van der Waals surface area contributed by atoms with Crippen molar-refractivity contribution in [2.75, 3.05) is 38.1 Å². The van der Waals surface area contributed by atoms with E-state index in [-0.39, 0.29) is 12.2 Å². The van der Waals surface area contributed by atoms with Gasteiger partial charge in [0.05, 0.1) is 13.1 Å². The number of hydrogen-bond donors (Lipinski definition) is 1. The van der Waals surface area contributed by atoms with E-state index in [0.717, 1.165) is 30.2 Å². The van der Waals surface area contributed by atoms with Gasteiger partial charge in [0.2, 0.25) is 0 Å². The summed E-state index contributed by atoms with van der Waals surface area (Å²) in [6.07, 6.45) is -0.545. The quantitative estimate of drug-likeness (QED) is 0.879. The molecule has 0 unspecified atom stereocenters. The van der Waals surface area contributed by atoms with E-state index in [1.165, 1.54) is 0 Å². The largest absolute Gasteiger partial charge is 0.443 e. The molecule has 1 aromatic carbocycles. The van der Waals surface area contributed by atoms with E-state index in [2.05, 4.69) is 9.89 Å². The monoisotopic (exact) mass is 274 g/mol. The van der Waals surface area contributed by atoms with E-state index in [1.807, 2.05) is 31.3 Å². The number of carbonyl (C=O) groups excluding carboxylic acids is 1. The molecule has 0 saturated carbocycles. The van der Waals surface area contributed by atoms with Crippen LogP contribution in [0.25, 0.3) is 0 Å². The number of hydrogen-bond acceptors (Lipinski definition) is 5. The molecular weight excluding hydrogens is 256 g/mol. The van der Waals surface area contributed by atoms with Gasteiger partial charge < -0.3 is 15.4 Å². The minimum Gasteiger partial charge on any atom is -0.443 e. The Balaban J connectivity index is 1.78. The summed E-state index contributed by atoms with van der Waals surface area (Å²) >= 11 is 0. The Kier molecular flexibility index (Phi) is 3.31. The smallest absolute Gasteiger partial charge is 0.414 e. The molecule has 3 rings (SSSR count). The van der Waals surface area contributed by atoms with Crippen molar-refractivity contribution in [1.82, 2.24) is 4.90 Å². The summed E-state index contributed by atoms with van der Waals surface area (Å²) in [5, 5.41) is 0. The van der Waals surface area contributed by atoms with Crippen molar-refractivity contribution in [2.24, 2.45) is 10.7 Å². The van der Waals surface area contributed by atoms with Crippen LogP contribution < -0.4 is 10.6 Å². The van der Waals surface area contributed by atoms with Crippen LogP contribution in [-0.2, 0) is 4.74 Å². The first-order valence-corrected chi connectivity index (χ1v) is 6.73. The summed E-state index contributed by atoms with van der Waals surface area (Å²) in [6, 6.07) is 7.81. The van der Waals surface area contributed by atoms with E-state index >= 15 is 0 Å². The molecule has 1 saturated heterocycles. The highest BCUT2D eigenvalue weighted by molar-refractivity contribution is 6.00. The molecule has 6 nitrogen and oxygen atoms in total. The molecule has 2 N–H and O–H groups in total.